The van der Waals surface area contributed by atoms with E-state index in [0.29, 0.717) is 10.7 Å². The summed E-state index contributed by atoms with van der Waals surface area (Å²) < 4.78 is 14.9. The predicted molar refractivity (Wildman–Crippen MR) is 80.5 cm³/mol. The number of hydrogen-bond donors (Lipinski definition) is 0. The highest BCUT2D eigenvalue weighted by Gasteiger charge is 2.32. The van der Waals surface area contributed by atoms with Crippen LogP contribution < -0.4 is 4.90 Å². The van der Waals surface area contributed by atoms with Crippen LogP contribution in [0.2, 0.25) is 5.02 Å². The van der Waals surface area contributed by atoms with Gasteiger partial charge in [0.2, 0.25) is 0 Å². The van der Waals surface area contributed by atoms with Gasteiger partial charge in [-0.15, -0.1) is 0 Å². The molecule has 2 rings (SSSR count). The Labute approximate surface area is 133 Å². The normalized spacial score (nSPS) is 14.8. The number of carbonyl (C=O) groups is 2. The lowest BCUT2D eigenvalue weighted by molar-refractivity contribution is -0.140. The molecule has 0 aliphatic carbocycles. The number of methoxy groups -OCH3 is 2. The third-order valence-corrected chi connectivity index (χ3v) is 3.71. The second-order valence-corrected chi connectivity index (χ2v) is 5.06. The lowest BCUT2D eigenvalue weighted by Crippen LogP contribution is -2.38. The van der Waals surface area contributed by atoms with Crippen LogP contribution in [0.15, 0.2) is 29.5 Å². The van der Waals surface area contributed by atoms with E-state index < -0.39 is 11.9 Å². The molecule has 22 heavy (non-hydrogen) atoms. The zero-order valence-electron chi connectivity index (χ0n) is 12.5. The second kappa shape index (κ2) is 6.81. The minimum Gasteiger partial charge on any atom is -0.466 e. The third-order valence-electron chi connectivity index (χ3n) is 3.29. The number of benzene rings is 1. The molecule has 0 radical (unpaired) electrons. The van der Waals surface area contributed by atoms with Gasteiger partial charge in [-0.25, -0.2) is 9.59 Å². The number of anilines is 1. The summed E-state index contributed by atoms with van der Waals surface area (Å²) in [5.74, 6) is -1.26. The van der Waals surface area contributed by atoms with E-state index in [9.17, 15) is 9.59 Å². The molecular weight excluding hydrogens is 310 g/mol. The molecule has 6 nitrogen and oxygen atoms in total. The van der Waals surface area contributed by atoms with Gasteiger partial charge in [0.05, 0.1) is 26.4 Å². The number of esters is 2. The first kappa shape index (κ1) is 16.3. The molecule has 0 aromatic heterocycles. The van der Waals surface area contributed by atoms with Crippen LogP contribution >= 0.6 is 11.6 Å². The van der Waals surface area contributed by atoms with E-state index in [4.69, 9.17) is 25.8 Å². The predicted octanol–water partition coefficient (Wildman–Crippen LogP) is 2.04. The van der Waals surface area contributed by atoms with E-state index in [0.717, 1.165) is 5.56 Å². The molecule has 1 aliphatic heterocycles. The standard InChI is InChI=1S/C15H16ClNO5/c1-9-6-10(4-5-12(9)16)17-8-22-7-11(14(18)20-2)13(17)15(19)21-3/h4-6H,7-8H2,1-3H3. The fraction of sp³-hybridized carbons (Fsp3) is 0.333. The maximum Gasteiger partial charge on any atom is 0.355 e. The van der Waals surface area contributed by atoms with Crippen LogP contribution in [0.1, 0.15) is 5.56 Å². The van der Waals surface area contributed by atoms with Crippen LogP contribution in [0.4, 0.5) is 5.69 Å². The summed E-state index contributed by atoms with van der Waals surface area (Å²) in [7, 11) is 2.50. The first-order valence-corrected chi connectivity index (χ1v) is 6.88. The smallest absolute Gasteiger partial charge is 0.355 e. The molecule has 0 amide bonds. The Morgan fingerprint density at radius 2 is 1.91 bits per heavy atom. The molecule has 0 bridgehead atoms. The number of ether oxygens (including phenoxy) is 3. The Kier molecular flexibility index (Phi) is 5.05. The molecule has 1 aliphatic rings. The second-order valence-electron chi connectivity index (χ2n) is 4.65. The Morgan fingerprint density at radius 3 is 2.50 bits per heavy atom. The van der Waals surface area contributed by atoms with Crippen LogP contribution in [-0.4, -0.2) is 39.5 Å². The van der Waals surface area contributed by atoms with Gasteiger partial charge in [0, 0.05) is 10.7 Å². The molecule has 1 heterocycles. The molecule has 0 saturated carbocycles. The van der Waals surface area contributed by atoms with Gasteiger partial charge in [0.15, 0.2) is 0 Å². The number of halogens is 1. The summed E-state index contributed by atoms with van der Waals surface area (Å²) in [6, 6.07) is 5.25. The Balaban J connectivity index is 2.54. The van der Waals surface area contributed by atoms with Crippen molar-refractivity contribution < 1.29 is 23.8 Å². The van der Waals surface area contributed by atoms with Gasteiger partial charge in [-0.05, 0) is 30.7 Å². The third kappa shape index (κ3) is 3.08. The molecule has 0 N–H and O–H groups in total. The van der Waals surface area contributed by atoms with Gasteiger partial charge >= 0.3 is 11.9 Å². The van der Waals surface area contributed by atoms with Crippen LogP contribution in [-0.2, 0) is 23.8 Å². The lowest BCUT2D eigenvalue weighted by Gasteiger charge is -2.31. The van der Waals surface area contributed by atoms with Crippen molar-refractivity contribution >= 4 is 29.2 Å². The van der Waals surface area contributed by atoms with E-state index in [2.05, 4.69) is 0 Å². The minimum absolute atomic E-state index is 0.0137. The number of hydrogen-bond acceptors (Lipinski definition) is 6. The average Bonchev–Trinajstić information content (AvgIpc) is 2.55. The first-order valence-electron chi connectivity index (χ1n) is 6.50. The molecule has 1 aromatic rings. The number of carbonyl (C=O) groups excluding carboxylic acids is 2. The van der Waals surface area contributed by atoms with Gasteiger partial charge in [-0.1, -0.05) is 11.6 Å². The van der Waals surface area contributed by atoms with Crippen LogP contribution in [0, 0.1) is 6.92 Å². The van der Waals surface area contributed by atoms with Gasteiger partial charge in [0.1, 0.15) is 12.4 Å². The van der Waals surface area contributed by atoms with Crippen molar-refractivity contribution in [3.05, 3.63) is 40.1 Å². The van der Waals surface area contributed by atoms with Crippen molar-refractivity contribution in [2.24, 2.45) is 0 Å². The zero-order chi connectivity index (χ0) is 16.3. The van der Waals surface area contributed by atoms with Crippen molar-refractivity contribution in [3.8, 4) is 0 Å². The molecule has 118 valence electrons. The Bertz CT molecular complexity index is 641. The van der Waals surface area contributed by atoms with Crippen LogP contribution in [0.5, 0.6) is 0 Å². The van der Waals surface area contributed by atoms with Gasteiger partial charge in [-0.2, -0.15) is 0 Å². The Morgan fingerprint density at radius 1 is 1.23 bits per heavy atom. The van der Waals surface area contributed by atoms with Gasteiger partial charge < -0.3 is 19.1 Å². The number of nitrogens with zero attached hydrogens (tertiary/aromatic N) is 1. The SMILES string of the molecule is COC(=O)C1=C(C(=O)OC)N(c2ccc(Cl)c(C)c2)COC1. The van der Waals surface area contributed by atoms with Gasteiger partial charge in [0.25, 0.3) is 0 Å². The van der Waals surface area contributed by atoms with Crippen molar-refractivity contribution in [1.82, 2.24) is 0 Å². The highest BCUT2D eigenvalue weighted by atomic mass is 35.5. The van der Waals surface area contributed by atoms with Crippen LogP contribution in [0.25, 0.3) is 0 Å². The molecule has 0 atom stereocenters. The van der Waals surface area contributed by atoms with Crippen molar-refractivity contribution in [2.45, 2.75) is 6.92 Å². The van der Waals surface area contributed by atoms with Crippen LogP contribution in [0.3, 0.4) is 0 Å². The summed E-state index contributed by atoms with van der Waals surface area (Å²) in [4.78, 5) is 25.6. The molecule has 0 saturated heterocycles. The van der Waals surface area contributed by atoms with E-state index >= 15 is 0 Å². The van der Waals surface area contributed by atoms with Crippen molar-refractivity contribution in [3.63, 3.8) is 0 Å². The summed E-state index contributed by atoms with van der Waals surface area (Å²) in [5, 5.41) is 0.610. The van der Waals surface area contributed by atoms with Gasteiger partial charge in [-0.3, -0.25) is 0 Å². The Hall–Kier alpha value is -2.05. The molecule has 7 heteroatoms. The van der Waals surface area contributed by atoms with E-state index in [1.807, 2.05) is 6.92 Å². The van der Waals surface area contributed by atoms with E-state index in [-0.39, 0.29) is 24.6 Å². The lowest BCUT2D eigenvalue weighted by atomic mass is 10.1. The highest BCUT2D eigenvalue weighted by Crippen LogP contribution is 2.29. The zero-order valence-corrected chi connectivity index (χ0v) is 13.3. The largest absolute Gasteiger partial charge is 0.466 e. The minimum atomic E-state index is -0.629. The fourth-order valence-corrected chi connectivity index (χ4v) is 2.26. The summed E-state index contributed by atoms with van der Waals surface area (Å²) >= 11 is 6.02. The fourth-order valence-electron chi connectivity index (χ4n) is 2.14. The van der Waals surface area contributed by atoms with Crippen molar-refractivity contribution in [1.29, 1.82) is 0 Å². The molecule has 0 fully saturated rings. The molecule has 1 aromatic carbocycles. The summed E-state index contributed by atoms with van der Waals surface area (Å²) in [6.07, 6.45) is 0. The summed E-state index contributed by atoms with van der Waals surface area (Å²) in [6.45, 7) is 1.95. The molecule has 0 unspecified atom stereocenters. The van der Waals surface area contributed by atoms with E-state index in [1.54, 1.807) is 23.1 Å². The van der Waals surface area contributed by atoms with Crippen molar-refractivity contribution in [2.75, 3.05) is 32.5 Å². The maximum absolute atomic E-state index is 12.1. The molecule has 0 spiro atoms. The average molecular weight is 326 g/mol. The monoisotopic (exact) mass is 325 g/mol. The highest BCUT2D eigenvalue weighted by molar-refractivity contribution is 6.31. The number of aryl methyl sites for hydroxylation is 1. The summed E-state index contributed by atoms with van der Waals surface area (Å²) in [5.41, 5.74) is 1.74. The topological polar surface area (TPSA) is 65.1 Å². The first-order chi connectivity index (χ1) is 10.5. The maximum atomic E-state index is 12.1. The molecular formula is C15H16ClNO5. The number of rotatable bonds is 3. The van der Waals surface area contributed by atoms with E-state index in [1.165, 1.54) is 14.2 Å². The quantitative estimate of drug-likeness (QED) is 0.792.